The second-order valence-corrected chi connectivity index (χ2v) is 6.86. The third kappa shape index (κ3) is 6.28. The molecule has 0 amide bonds. The van der Waals surface area contributed by atoms with Gasteiger partial charge in [0.05, 0.1) is 5.08 Å². The van der Waals surface area contributed by atoms with Gasteiger partial charge in [0, 0.05) is 0 Å². The van der Waals surface area contributed by atoms with E-state index in [2.05, 4.69) is 0 Å². The summed E-state index contributed by atoms with van der Waals surface area (Å²) in [6.45, 7) is 0. The van der Waals surface area contributed by atoms with Crippen molar-refractivity contribution in [1.29, 1.82) is 0 Å². The van der Waals surface area contributed by atoms with Crippen LogP contribution in [0.5, 0.6) is 0 Å². The van der Waals surface area contributed by atoms with Gasteiger partial charge in [-0.3, -0.25) is 0 Å². The smallest absolute Gasteiger partial charge is 1.00 e. The Morgan fingerprint density at radius 3 is 1.71 bits per heavy atom. The molecular weight excluding hydrogens is 175 g/mol. The van der Waals surface area contributed by atoms with E-state index >= 15 is 0 Å². The van der Waals surface area contributed by atoms with Gasteiger partial charge >= 0.3 is 29.6 Å². The molecular formula is C2H7NaS4. The quantitative estimate of drug-likeness (QED) is 0.392. The van der Waals surface area contributed by atoms with Gasteiger partial charge in [0.1, 0.15) is 0 Å². The Morgan fingerprint density at radius 1 is 1.14 bits per heavy atom. The summed E-state index contributed by atoms with van der Waals surface area (Å²) >= 11 is 0. The van der Waals surface area contributed by atoms with Gasteiger partial charge in [-0.2, -0.15) is 0 Å². The van der Waals surface area contributed by atoms with Gasteiger partial charge in [-0.1, -0.05) is 29.0 Å². The summed E-state index contributed by atoms with van der Waals surface area (Å²) in [4.78, 5) is 0. The minimum atomic E-state index is 0. The minimum absolute atomic E-state index is 0. The number of hydrogen-bond acceptors (Lipinski definition) is 4. The summed E-state index contributed by atoms with van der Waals surface area (Å²) < 4.78 is 0. The zero-order valence-corrected chi connectivity index (χ0v) is 8.61. The van der Waals surface area contributed by atoms with Crippen molar-refractivity contribution in [1.82, 2.24) is 0 Å². The molecule has 1 aliphatic heterocycles. The molecule has 0 saturated carbocycles. The van der Waals surface area contributed by atoms with E-state index in [4.69, 9.17) is 0 Å². The molecule has 0 nitrogen and oxygen atoms in total. The summed E-state index contributed by atoms with van der Waals surface area (Å²) in [6, 6.07) is 0. The first kappa shape index (κ1) is 12.1. The molecule has 1 aliphatic rings. The van der Waals surface area contributed by atoms with E-state index in [1.807, 2.05) is 41.2 Å². The predicted octanol–water partition coefficient (Wildman–Crippen LogP) is 0.388. The first-order valence-corrected chi connectivity index (χ1v) is 6.23. The van der Waals surface area contributed by atoms with Crippen LogP contribution in [0.4, 0.5) is 0 Å². The molecule has 5 heteroatoms. The van der Waals surface area contributed by atoms with Gasteiger partial charge < -0.3 is 1.43 Å². The van der Waals surface area contributed by atoms with Gasteiger partial charge in [-0.05, 0) is 19.7 Å². The van der Waals surface area contributed by atoms with Crippen molar-refractivity contribution >= 4 is 41.2 Å². The summed E-state index contributed by atoms with van der Waals surface area (Å²) in [5.41, 5.74) is 0. The van der Waals surface area contributed by atoms with Crippen molar-refractivity contribution in [3.63, 3.8) is 0 Å². The molecule has 0 aromatic heterocycles. The zero-order chi connectivity index (χ0) is 3.54. The molecule has 0 aromatic carbocycles. The van der Waals surface area contributed by atoms with Crippen LogP contribution in [0.1, 0.15) is 8.85 Å². The molecule has 0 unspecified atom stereocenters. The average Bonchev–Trinajstić information content (AvgIpc) is 1.76. The van der Waals surface area contributed by atoms with Crippen molar-refractivity contribution in [3.8, 4) is 0 Å². The Kier molecular flexibility index (Phi) is 14.5. The Labute approximate surface area is 83.7 Å². The Balaban J connectivity index is -0.0000000833. The summed E-state index contributed by atoms with van der Waals surface area (Å²) in [6.07, 6.45) is 0. The number of rotatable bonds is 0. The van der Waals surface area contributed by atoms with Gasteiger partial charge in [0.2, 0.25) is 0 Å². The monoisotopic (exact) mass is 182 g/mol. The maximum absolute atomic E-state index is 1.92. The first-order valence-electron chi connectivity index (χ1n) is 1.08. The molecule has 0 spiro atoms. The van der Waals surface area contributed by atoms with Crippen molar-refractivity contribution in [2.45, 2.75) is 7.43 Å². The van der Waals surface area contributed by atoms with E-state index in [1.54, 1.807) is 0 Å². The molecule has 1 saturated heterocycles. The van der Waals surface area contributed by atoms with Crippen molar-refractivity contribution in [2.24, 2.45) is 0 Å². The van der Waals surface area contributed by atoms with E-state index in [9.17, 15) is 0 Å². The van der Waals surface area contributed by atoms with E-state index in [-0.39, 0.29) is 38.4 Å². The van der Waals surface area contributed by atoms with E-state index in [0.717, 1.165) is 0 Å². The second kappa shape index (κ2) is 8.40. The predicted molar refractivity (Wildman–Crippen MR) is 43.1 cm³/mol. The van der Waals surface area contributed by atoms with Gasteiger partial charge in [0.15, 0.2) is 0 Å². The van der Waals surface area contributed by atoms with Crippen LogP contribution < -0.4 is 29.6 Å². The third-order valence-corrected chi connectivity index (χ3v) is 7.45. The normalized spacial score (nSPS) is 17.1. The molecule has 0 aliphatic carbocycles. The minimum Gasteiger partial charge on any atom is -1.00 e. The molecule has 1 fully saturated rings. The van der Waals surface area contributed by atoms with Crippen LogP contribution >= 0.6 is 41.2 Å². The van der Waals surface area contributed by atoms with Crippen molar-refractivity contribution < 1.29 is 31.0 Å². The standard InChI is InChI=1S/CH2S4.CH4.Na.H/c1-2-4-5-3-1;;;/h1H2;1H4;;/q;;+1;-1. The van der Waals surface area contributed by atoms with Gasteiger partial charge in [-0.25, -0.2) is 0 Å². The maximum Gasteiger partial charge on any atom is 1.00 e. The van der Waals surface area contributed by atoms with Crippen LogP contribution in [0.15, 0.2) is 0 Å². The molecule has 0 atom stereocenters. The molecule has 1 heterocycles. The zero-order valence-electron chi connectivity index (χ0n) is 4.34. The largest absolute Gasteiger partial charge is 1.00 e. The Morgan fingerprint density at radius 2 is 1.57 bits per heavy atom. The fourth-order valence-corrected chi connectivity index (χ4v) is 7.95. The second-order valence-electron chi connectivity index (χ2n) is 0.490. The number of hydrogen-bond donors (Lipinski definition) is 0. The fraction of sp³-hybridized carbons (Fsp3) is 1.00. The van der Waals surface area contributed by atoms with Gasteiger partial charge in [0.25, 0.3) is 0 Å². The van der Waals surface area contributed by atoms with Crippen molar-refractivity contribution in [3.05, 3.63) is 0 Å². The average molecular weight is 182 g/mol. The van der Waals surface area contributed by atoms with Crippen molar-refractivity contribution in [2.75, 3.05) is 5.08 Å². The van der Waals surface area contributed by atoms with E-state index in [0.29, 0.717) is 0 Å². The van der Waals surface area contributed by atoms with Gasteiger partial charge in [-0.15, -0.1) is 0 Å². The van der Waals surface area contributed by atoms with Crippen LogP contribution in [-0.2, 0) is 0 Å². The summed E-state index contributed by atoms with van der Waals surface area (Å²) in [5, 5.41) is 1.26. The fourth-order valence-electron chi connectivity index (χ4n) is 0.0982. The molecule has 1 rings (SSSR count). The third-order valence-electron chi connectivity index (χ3n) is 0.220. The summed E-state index contributed by atoms with van der Waals surface area (Å²) in [7, 11) is 7.57. The molecule has 0 aromatic rings. The topological polar surface area (TPSA) is 0 Å². The van der Waals surface area contributed by atoms with Crippen LogP contribution in [0.25, 0.3) is 0 Å². The molecule has 0 bridgehead atoms. The van der Waals surface area contributed by atoms with E-state index in [1.165, 1.54) is 5.08 Å². The van der Waals surface area contributed by atoms with Crippen LogP contribution in [0.3, 0.4) is 0 Å². The Hall–Kier alpha value is 2.40. The van der Waals surface area contributed by atoms with Crippen LogP contribution in [0, 0.1) is 0 Å². The van der Waals surface area contributed by atoms with Crippen LogP contribution in [0.2, 0.25) is 0 Å². The SMILES string of the molecule is C.C1SSSS1.[H-].[Na+]. The van der Waals surface area contributed by atoms with E-state index < -0.39 is 0 Å². The molecule has 7 heavy (non-hydrogen) atoms. The molecule has 0 radical (unpaired) electrons. The molecule has 0 N–H and O–H groups in total. The van der Waals surface area contributed by atoms with Crippen LogP contribution in [-0.4, -0.2) is 5.08 Å². The summed E-state index contributed by atoms with van der Waals surface area (Å²) in [5.74, 6) is 0. The Bertz CT molecular complexity index is 25.6. The molecule has 40 valence electrons. The first-order chi connectivity index (χ1) is 2.50. The maximum atomic E-state index is 1.92.